The van der Waals surface area contributed by atoms with E-state index in [4.69, 9.17) is 16.2 Å². The summed E-state index contributed by atoms with van der Waals surface area (Å²) in [5, 5.41) is 15.6. The molecule has 0 amide bonds. The van der Waals surface area contributed by atoms with Crippen LogP contribution < -0.4 is 5.73 Å². The quantitative estimate of drug-likeness (QED) is 0.516. The van der Waals surface area contributed by atoms with Gasteiger partial charge in [-0.25, -0.2) is 0 Å². The summed E-state index contributed by atoms with van der Waals surface area (Å²) in [6.45, 7) is 0. The van der Waals surface area contributed by atoms with Crippen LogP contribution in [0.3, 0.4) is 0 Å². The predicted molar refractivity (Wildman–Crippen MR) is 61.4 cm³/mol. The molecule has 0 aromatic heterocycles. The average Bonchev–Trinajstić information content (AvgIpc) is 2.29. The lowest BCUT2D eigenvalue weighted by atomic mass is 10.1. The Balaban J connectivity index is 2.69. The van der Waals surface area contributed by atoms with Crippen molar-refractivity contribution in [2.75, 3.05) is 0 Å². The van der Waals surface area contributed by atoms with Crippen LogP contribution in [-0.4, -0.2) is 23.3 Å². The molecular formula is C12H12N2O2. The van der Waals surface area contributed by atoms with Crippen LogP contribution in [0.4, 0.5) is 0 Å². The summed E-state index contributed by atoms with van der Waals surface area (Å²) < 4.78 is 0. The Kier molecular flexibility index (Phi) is 4.25. The number of rotatable bonds is 3. The second-order valence-electron chi connectivity index (χ2n) is 3.22. The van der Waals surface area contributed by atoms with Crippen molar-refractivity contribution >= 4 is 12.2 Å². The van der Waals surface area contributed by atoms with Crippen LogP contribution >= 0.6 is 0 Å². The molecule has 1 aromatic rings. The van der Waals surface area contributed by atoms with E-state index < -0.39 is 12.0 Å². The second kappa shape index (κ2) is 5.69. The van der Waals surface area contributed by atoms with Gasteiger partial charge in [-0.15, -0.1) is 0 Å². The van der Waals surface area contributed by atoms with Gasteiger partial charge in [0, 0.05) is 18.2 Å². The predicted octanol–water partition coefficient (Wildman–Crippen LogP) is 0.838. The van der Waals surface area contributed by atoms with E-state index in [0.717, 1.165) is 11.1 Å². The van der Waals surface area contributed by atoms with E-state index in [9.17, 15) is 4.79 Å². The van der Waals surface area contributed by atoms with Crippen LogP contribution in [-0.2, 0) is 4.79 Å². The van der Waals surface area contributed by atoms with E-state index in [1.807, 2.05) is 0 Å². The number of carboxylic acid groups (broad SMARTS) is 1. The number of nitrogens with two attached hydrogens (primary N) is 1. The number of hydrogen-bond acceptors (Lipinski definition) is 3. The third-order valence-electron chi connectivity index (χ3n) is 1.93. The largest absolute Gasteiger partial charge is 0.480 e. The van der Waals surface area contributed by atoms with Gasteiger partial charge in [0.05, 0.1) is 0 Å². The van der Waals surface area contributed by atoms with Crippen molar-refractivity contribution in [3.05, 3.63) is 35.4 Å². The smallest absolute Gasteiger partial charge is 0.321 e. The molecule has 1 atom stereocenters. The van der Waals surface area contributed by atoms with E-state index in [1.54, 1.807) is 24.3 Å². The SMILES string of the molecule is N=Cc1cccc(C#CCC(N)C(=O)O)c1. The zero-order valence-corrected chi connectivity index (χ0v) is 8.60. The van der Waals surface area contributed by atoms with E-state index in [-0.39, 0.29) is 6.42 Å². The molecule has 4 nitrogen and oxygen atoms in total. The Hall–Kier alpha value is -2.12. The van der Waals surface area contributed by atoms with Crippen LogP contribution in [0.25, 0.3) is 0 Å². The molecule has 0 heterocycles. The third kappa shape index (κ3) is 3.56. The number of benzene rings is 1. The topological polar surface area (TPSA) is 87.2 Å². The highest BCUT2D eigenvalue weighted by molar-refractivity contribution is 5.77. The monoisotopic (exact) mass is 216 g/mol. The van der Waals surface area contributed by atoms with Gasteiger partial charge in [0.1, 0.15) is 6.04 Å². The van der Waals surface area contributed by atoms with Gasteiger partial charge in [0.2, 0.25) is 0 Å². The van der Waals surface area contributed by atoms with Crippen molar-refractivity contribution in [2.24, 2.45) is 5.73 Å². The summed E-state index contributed by atoms with van der Waals surface area (Å²) in [6.07, 6.45) is 1.35. The average molecular weight is 216 g/mol. The summed E-state index contributed by atoms with van der Waals surface area (Å²) >= 11 is 0. The van der Waals surface area contributed by atoms with E-state index in [1.165, 1.54) is 6.21 Å². The van der Waals surface area contributed by atoms with E-state index >= 15 is 0 Å². The molecule has 0 saturated carbocycles. The molecule has 0 saturated heterocycles. The lowest BCUT2D eigenvalue weighted by Crippen LogP contribution is -2.29. The first-order valence-corrected chi connectivity index (χ1v) is 4.71. The van der Waals surface area contributed by atoms with Crippen LogP contribution in [0.15, 0.2) is 24.3 Å². The lowest BCUT2D eigenvalue weighted by molar-refractivity contribution is -0.138. The van der Waals surface area contributed by atoms with Gasteiger partial charge in [0.25, 0.3) is 0 Å². The summed E-state index contributed by atoms with van der Waals surface area (Å²) in [7, 11) is 0. The molecule has 16 heavy (non-hydrogen) atoms. The minimum atomic E-state index is -1.05. The molecule has 1 unspecified atom stereocenters. The Morgan fingerprint density at radius 1 is 1.62 bits per heavy atom. The lowest BCUT2D eigenvalue weighted by Gasteiger charge is -1.98. The fraction of sp³-hybridized carbons (Fsp3) is 0.167. The maximum atomic E-state index is 10.4. The molecule has 1 rings (SSSR count). The van der Waals surface area contributed by atoms with Gasteiger partial charge in [0.15, 0.2) is 0 Å². The van der Waals surface area contributed by atoms with Gasteiger partial charge >= 0.3 is 5.97 Å². The van der Waals surface area contributed by atoms with Gasteiger partial charge < -0.3 is 16.2 Å². The molecule has 4 heteroatoms. The van der Waals surface area contributed by atoms with Crippen molar-refractivity contribution in [3.8, 4) is 11.8 Å². The molecular weight excluding hydrogens is 204 g/mol. The van der Waals surface area contributed by atoms with E-state index in [0.29, 0.717) is 0 Å². The zero-order chi connectivity index (χ0) is 12.0. The maximum Gasteiger partial charge on any atom is 0.321 e. The van der Waals surface area contributed by atoms with Crippen molar-refractivity contribution in [1.29, 1.82) is 5.41 Å². The molecule has 4 N–H and O–H groups in total. The molecule has 0 aliphatic carbocycles. The zero-order valence-electron chi connectivity index (χ0n) is 8.60. The maximum absolute atomic E-state index is 10.4. The highest BCUT2D eigenvalue weighted by Gasteiger charge is 2.08. The number of carbonyl (C=O) groups is 1. The minimum absolute atomic E-state index is 0.115. The van der Waals surface area contributed by atoms with Crippen molar-refractivity contribution < 1.29 is 9.90 Å². The van der Waals surface area contributed by atoms with Gasteiger partial charge in [-0.3, -0.25) is 4.79 Å². The van der Waals surface area contributed by atoms with Crippen molar-refractivity contribution in [2.45, 2.75) is 12.5 Å². The first kappa shape index (κ1) is 12.0. The van der Waals surface area contributed by atoms with Crippen molar-refractivity contribution in [3.63, 3.8) is 0 Å². The third-order valence-corrected chi connectivity index (χ3v) is 1.93. The normalized spacial score (nSPS) is 11.1. The van der Waals surface area contributed by atoms with Gasteiger partial charge in [-0.2, -0.15) is 0 Å². The van der Waals surface area contributed by atoms with Crippen LogP contribution in [0, 0.1) is 17.3 Å². The summed E-state index contributed by atoms with van der Waals surface area (Å²) in [5.41, 5.74) is 6.81. The molecule has 1 aromatic carbocycles. The van der Waals surface area contributed by atoms with Gasteiger partial charge in [-0.05, 0) is 17.7 Å². The second-order valence-corrected chi connectivity index (χ2v) is 3.22. The highest BCUT2D eigenvalue weighted by Crippen LogP contribution is 2.01. The summed E-state index contributed by atoms with van der Waals surface area (Å²) in [5.74, 6) is 4.46. The summed E-state index contributed by atoms with van der Waals surface area (Å²) in [4.78, 5) is 10.4. The fourth-order valence-corrected chi connectivity index (χ4v) is 1.06. The Labute approximate surface area is 93.6 Å². The Morgan fingerprint density at radius 3 is 3.00 bits per heavy atom. The molecule has 82 valence electrons. The minimum Gasteiger partial charge on any atom is -0.480 e. The molecule has 0 spiro atoms. The number of hydrogen-bond donors (Lipinski definition) is 3. The molecule has 0 bridgehead atoms. The highest BCUT2D eigenvalue weighted by atomic mass is 16.4. The molecule has 0 aliphatic rings. The van der Waals surface area contributed by atoms with E-state index in [2.05, 4.69) is 11.8 Å². The van der Waals surface area contributed by atoms with Crippen LogP contribution in [0.1, 0.15) is 17.5 Å². The standard InChI is InChI=1S/C12H12N2O2/c13-8-10-5-1-3-9(7-10)4-2-6-11(14)12(15)16/h1,3,5,7-8,11,13H,6,14H2,(H,15,16). The van der Waals surface area contributed by atoms with Crippen LogP contribution in [0.2, 0.25) is 0 Å². The first-order valence-electron chi connectivity index (χ1n) is 4.71. The van der Waals surface area contributed by atoms with Crippen LogP contribution in [0.5, 0.6) is 0 Å². The molecule has 0 radical (unpaired) electrons. The molecule has 0 aliphatic heterocycles. The number of carboxylic acids is 1. The van der Waals surface area contributed by atoms with Crippen molar-refractivity contribution in [1.82, 2.24) is 0 Å². The first-order chi connectivity index (χ1) is 7.63. The summed E-state index contributed by atoms with van der Waals surface area (Å²) in [6, 6.07) is 6.19. The molecule has 0 fully saturated rings. The Bertz CT molecular complexity index is 458. The van der Waals surface area contributed by atoms with Gasteiger partial charge in [-0.1, -0.05) is 24.0 Å². The number of aliphatic carboxylic acids is 1. The Morgan fingerprint density at radius 2 is 2.38 bits per heavy atom. The fourth-order valence-electron chi connectivity index (χ4n) is 1.06. The number of nitrogens with one attached hydrogen (secondary N) is 1.